The molecular weight excluding hydrogens is 467 g/mol. The average molecular weight is 501 g/mol. The summed E-state index contributed by atoms with van der Waals surface area (Å²) >= 11 is 1.39. The van der Waals surface area contributed by atoms with E-state index in [0.29, 0.717) is 48.1 Å². The van der Waals surface area contributed by atoms with Gasteiger partial charge in [-0.1, -0.05) is 31.0 Å². The van der Waals surface area contributed by atoms with Crippen LogP contribution in [0.3, 0.4) is 0 Å². The Hall–Kier alpha value is -3.07. The number of aromatic hydroxyl groups is 1. The molecular formula is C26H33FN4O3S. The van der Waals surface area contributed by atoms with Crippen LogP contribution in [0.2, 0.25) is 0 Å². The molecule has 0 spiro atoms. The smallest absolute Gasteiger partial charge is 0.180 e. The number of nitrogens with zero attached hydrogens (tertiary/aromatic N) is 4. The minimum Gasteiger partial charge on any atom is -0.508 e. The van der Waals surface area contributed by atoms with Crippen molar-refractivity contribution in [3.63, 3.8) is 0 Å². The minimum absolute atomic E-state index is 0.0592. The summed E-state index contributed by atoms with van der Waals surface area (Å²) in [6, 6.07) is 6.26. The number of phenolic OH excluding ortho intramolecular Hbond substituents is 1. The average Bonchev–Trinajstić information content (AvgIpc) is 3.14. The number of hydrogen-bond acceptors (Lipinski definition) is 7. The van der Waals surface area contributed by atoms with Crippen LogP contribution in [0.25, 0.3) is 10.8 Å². The number of rotatable bonds is 8. The Morgan fingerprint density at radius 2 is 1.94 bits per heavy atom. The van der Waals surface area contributed by atoms with E-state index in [0.717, 1.165) is 31.1 Å². The highest BCUT2D eigenvalue weighted by molar-refractivity contribution is 8.11. The second kappa shape index (κ2) is 12.6. The summed E-state index contributed by atoms with van der Waals surface area (Å²) in [7, 11) is 1.80. The number of carbonyl (C=O) groups is 1. The van der Waals surface area contributed by atoms with Gasteiger partial charge in [-0.2, -0.15) is 0 Å². The molecule has 188 valence electrons. The van der Waals surface area contributed by atoms with Crippen LogP contribution in [0.15, 0.2) is 45.7 Å². The number of aliphatic imine (C=N–C) groups is 1. The molecule has 0 saturated carbocycles. The van der Waals surface area contributed by atoms with Gasteiger partial charge in [0.25, 0.3) is 0 Å². The minimum atomic E-state index is -0.305. The molecule has 0 atom stereocenters. The van der Waals surface area contributed by atoms with Crippen molar-refractivity contribution < 1.29 is 19.5 Å². The van der Waals surface area contributed by atoms with Crippen LogP contribution in [-0.4, -0.2) is 65.8 Å². The van der Waals surface area contributed by atoms with E-state index in [2.05, 4.69) is 10.1 Å². The van der Waals surface area contributed by atoms with Crippen LogP contribution in [0.4, 0.5) is 10.1 Å². The first-order valence-corrected chi connectivity index (χ1v) is 13.1. The van der Waals surface area contributed by atoms with Gasteiger partial charge in [0.15, 0.2) is 12.1 Å². The molecule has 3 rings (SSSR count). The number of likely N-dealkylation sites (tertiary alicyclic amines) is 1. The Morgan fingerprint density at radius 1 is 1.23 bits per heavy atom. The zero-order chi connectivity index (χ0) is 25.4. The Morgan fingerprint density at radius 3 is 2.54 bits per heavy atom. The van der Waals surface area contributed by atoms with Crippen LogP contribution in [0.1, 0.15) is 38.2 Å². The Bertz CT molecular complexity index is 1140. The number of likely N-dealkylation sites (N-methyl/N-ethyl adjacent to an activating group) is 1. The van der Waals surface area contributed by atoms with Gasteiger partial charge in [-0.15, -0.1) is 11.8 Å². The number of thioether (sulfide) groups is 1. The van der Waals surface area contributed by atoms with Crippen molar-refractivity contribution in [2.45, 2.75) is 39.0 Å². The number of aldehydes is 1. The van der Waals surface area contributed by atoms with Gasteiger partial charge in [0.2, 0.25) is 0 Å². The highest BCUT2D eigenvalue weighted by Crippen LogP contribution is 2.35. The van der Waals surface area contributed by atoms with E-state index in [1.165, 1.54) is 17.8 Å². The molecule has 0 bridgehead atoms. The molecule has 0 radical (unpaired) electrons. The lowest BCUT2D eigenvalue weighted by atomic mass is 9.99. The van der Waals surface area contributed by atoms with E-state index in [1.54, 1.807) is 30.8 Å². The third kappa shape index (κ3) is 6.14. The van der Waals surface area contributed by atoms with E-state index in [4.69, 9.17) is 0 Å². The van der Waals surface area contributed by atoms with Crippen molar-refractivity contribution >= 4 is 45.9 Å². The predicted octanol–water partition coefficient (Wildman–Crippen LogP) is 5.19. The predicted molar refractivity (Wildman–Crippen MR) is 143 cm³/mol. The number of anilines is 1. The number of aryl methyl sites for hydroxylation is 1. The standard InChI is InChI=1S/C26H33FN4O3S/c1-4-20-22(27)10-9-18-13-19(33)14-24(25(18)20)30(2)15-23(28-17-35-3)21(16-32)26(29-34)31-11-7-5-6-8-12-31/h9-10,13-14,16-17,33-34H,4-8,11-12,15H2,1-3H3/b23-21-,28-17?,29-26+. The molecule has 2 aromatic rings. The highest BCUT2D eigenvalue weighted by atomic mass is 32.2. The van der Waals surface area contributed by atoms with E-state index in [1.807, 2.05) is 23.0 Å². The summed E-state index contributed by atoms with van der Waals surface area (Å²) in [5.74, 6) is -0.0329. The summed E-state index contributed by atoms with van der Waals surface area (Å²) in [5.41, 5.74) is 3.43. The molecule has 1 fully saturated rings. The van der Waals surface area contributed by atoms with Gasteiger partial charge in [0.05, 0.1) is 23.4 Å². The fraction of sp³-hybridized carbons (Fsp3) is 0.423. The molecule has 0 aromatic heterocycles. The molecule has 2 N–H and O–H groups in total. The summed E-state index contributed by atoms with van der Waals surface area (Å²) in [5, 5.41) is 25.2. The summed E-state index contributed by atoms with van der Waals surface area (Å²) in [6.07, 6.45) is 7.12. The number of fused-ring (bicyclic) bond motifs is 1. The number of halogens is 1. The zero-order valence-corrected chi connectivity index (χ0v) is 21.3. The second-order valence-corrected chi connectivity index (χ2v) is 9.25. The van der Waals surface area contributed by atoms with Crippen molar-refractivity contribution in [1.29, 1.82) is 0 Å². The SMILES string of the molecule is CCc1c(F)ccc2cc(O)cc(N(C)C/C(N=CSC)=C(C=O)/C(=N\O)N3CCCCCC3)c12. The number of hydrogen-bond donors (Lipinski definition) is 2. The molecule has 1 aliphatic heterocycles. The molecule has 0 unspecified atom stereocenters. The number of amidine groups is 1. The molecule has 1 heterocycles. The molecule has 7 nitrogen and oxygen atoms in total. The largest absolute Gasteiger partial charge is 0.508 e. The van der Waals surface area contributed by atoms with Gasteiger partial charge in [-0.25, -0.2) is 4.39 Å². The van der Waals surface area contributed by atoms with Gasteiger partial charge in [0, 0.05) is 37.3 Å². The molecule has 2 aromatic carbocycles. The van der Waals surface area contributed by atoms with Crippen LogP contribution in [0.5, 0.6) is 5.75 Å². The lowest BCUT2D eigenvalue weighted by Gasteiger charge is -2.26. The normalized spacial score (nSPS) is 15.9. The van der Waals surface area contributed by atoms with Crippen molar-refractivity contribution in [3.05, 3.63) is 46.9 Å². The topological polar surface area (TPSA) is 88.7 Å². The van der Waals surface area contributed by atoms with Gasteiger partial charge >= 0.3 is 0 Å². The summed E-state index contributed by atoms with van der Waals surface area (Å²) in [4.78, 5) is 20.6. The van der Waals surface area contributed by atoms with Gasteiger partial charge in [0.1, 0.15) is 11.6 Å². The van der Waals surface area contributed by atoms with Crippen molar-refractivity contribution in [1.82, 2.24) is 4.90 Å². The maximum Gasteiger partial charge on any atom is 0.180 e. The lowest BCUT2D eigenvalue weighted by molar-refractivity contribution is -0.104. The fourth-order valence-electron chi connectivity index (χ4n) is 4.56. The van der Waals surface area contributed by atoms with Gasteiger partial charge in [-0.3, -0.25) is 9.79 Å². The number of carbonyl (C=O) groups excluding carboxylic acids is 1. The number of phenols is 1. The third-order valence-corrected chi connectivity index (χ3v) is 6.58. The summed E-state index contributed by atoms with van der Waals surface area (Å²) in [6.45, 7) is 3.46. The molecule has 1 saturated heterocycles. The first-order valence-electron chi connectivity index (χ1n) is 11.8. The molecule has 0 aliphatic carbocycles. The van der Waals surface area contributed by atoms with E-state index in [-0.39, 0.29) is 29.5 Å². The fourth-order valence-corrected chi connectivity index (χ4v) is 4.80. The molecule has 1 aliphatic rings. The Kier molecular flexibility index (Phi) is 9.54. The summed E-state index contributed by atoms with van der Waals surface area (Å²) < 4.78 is 14.7. The second-order valence-electron chi connectivity index (χ2n) is 8.57. The maximum absolute atomic E-state index is 14.7. The van der Waals surface area contributed by atoms with Crippen molar-refractivity contribution in [3.8, 4) is 5.75 Å². The van der Waals surface area contributed by atoms with E-state index < -0.39 is 0 Å². The first kappa shape index (κ1) is 26.5. The third-order valence-electron chi connectivity index (χ3n) is 6.27. The van der Waals surface area contributed by atoms with Crippen LogP contribution in [0, 0.1) is 5.82 Å². The monoisotopic (exact) mass is 500 g/mol. The van der Waals surface area contributed by atoms with Crippen molar-refractivity contribution in [2.75, 3.05) is 37.8 Å². The van der Waals surface area contributed by atoms with Crippen LogP contribution >= 0.6 is 11.8 Å². The molecule has 9 heteroatoms. The van der Waals surface area contributed by atoms with Crippen LogP contribution < -0.4 is 4.90 Å². The van der Waals surface area contributed by atoms with E-state index >= 15 is 0 Å². The molecule has 35 heavy (non-hydrogen) atoms. The van der Waals surface area contributed by atoms with Gasteiger partial charge in [-0.05, 0) is 48.6 Å². The maximum atomic E-state index is 14.7. The molecule has 0 amide bonds. The van der Waals surface area contributed by atoms with Gasteiger partial charge < -0.3 is 20.1 Å². The Labute approximate surface area is 210 Å². The highest BCUT2D eigenvalue weighted by Gasteiger charge is 2.23. The Balaban J connectivity index is 2.10. The lowest BCUT2D eigenvalue weighted by Crippen LogP contribution is -2.35. The van der Waals surface area contributed by atoms with Crippen molar-refractivity contribution in [2.24, 2.45) is 10.1 Å². The quantitative estimate of drug-likeness (QED) is 0.129. The first-order chi connectivity index (χ1) is 16.9. The number of benzene rings is 2. The number of oxime groups is 1. The van der Waals surface area contributed by atoms with E-state index in [9.17, 15) is 19.5 Å². The van der Waals surface area contributed by atoms with Crippen LogP contribution in [-0.2, 0) is 11.2 Å². The zero-order valence-electron chi connectivity index (χ0n) is 20.5.